The molecule has 1 aliphatic carbocycles. The van der Waals surface area contributed by atoms with E-state index in [2.05, 4.69) is 51.5 Å². The highest BCUT2D eigenvalue weighted by molar-refractivity contribution is 5.94. The first kappa shape index (κ1) is 24.3. The highest BCUT2D eigenvalue weighted by Crippen LogP contribution is 2.24. The molecule has 1 amide bonds. The van der Waals surface area contributed by atoms with Crippen molar-refractivity contribution in [3.05, 3.63) is 83.3 Å². The molecule has 0 spiro atoms. The highest BCUT2D eigenvalue weighted by atomic mass is 16.4. The lowest BCUT2D eigenvalue weighted by molar-refractivity contribution is 0.0954. The van der Waals surface area contributed by atoms with E-state index < -0.39 is 0 Å². The number of hydrogen-bond acceptors (Lipinski definition) is 5. The number of benzene rings is 2. The fraction of sp³-hybridized carbons (Fsp3) is 0.400. The number of amides is 1. The summed E-state index contributed by atoms with van der Waals surface area (Å²) in [6.45, 7) is 7.47. The maximum atomic E-state index is 12.5. The van der Waals surface area contributed by atoms with Crippen LogP contribution in [0.15, 0.2) is 70.7 Å². The van der Waals surface area contributed by atoms with E-state index in [9.17, 15) is 4.79 Å². The third kappa shape index (κ3) is 6.05. The molecule has 6 heteroatoms. The lowest BCUT2D eigenvalue weighted by Gasteiger charge is -2.35. The molecule has 0 bridgehead atoms. The molecule has 2 aliphatic rings. The molecule has 1 fully saturated rings. The van der Waals surface area contributed by atoms with Crippen LogP contribution in [0.25, 0.3) is 11.5 Å². The molecule has 1 aliphatic heterocycles. The molecule has 0 saturated carbocycles. The van der Waals surface area contributed by atoms with Crippen molar-refractivity contribution in [2.24, 2.45) is 0 Å². The number of rotatable bonds is 8. The van der Waals surface area contributed by atoms with Gasteiger partial charge in [-0.1, -0.05) is 29.8 Å². The number of aryl methyl sites for hydroxylation is 1. The Kier molecular flexibility index (Phi) is 7.82. The molecule has 1 saturated heterocycles. The number of para-hydroxylation sites is 1. The summed E-state index contributed by atoms with van der Waals surface area (Å²) in [7, 11) is 0. The molecular weight excluding hydrogens is 448 g/mol. The Labute approximate surface area is 214 Å². The van der Waals surface area contributed by atoms with Gasteiger partial charge in [0.25, 0.3) is 5.91 Å². The zero-order valence-corrected chi connectivity index (χ0v) is 21.2. The summed E-state index contributed by atoms with van der Waals surface area (Å²) >= 11 is 0. The fourth-order valence-electron chi connectivity index (χ4n) is 5.05. The average molecular weight is 485 g/mol. The summed E-state index contributed by atoms with van der Waals surface area (Å²) in [5.41, 5.74) is 5.30. The van der Waals surface area contributed by atoms with Crippen LogP contribution in [0.3, 0.4) is 0 Å². The van der Waals surface area contributed by atoms with Crippen LogP contribution in [-0.4, -0.2) is 48.5 Å². The second-order valence-corrected chi connectivity index (χ2v) is 9.81. The predicted molar refractivity (Wildman–Crippen MR) is 144 cm³/mol. The van der Waals surface area contributed by atoms with Crippen molar-refractivity contribution < 1.29 is 9.21 Å². The lowest BCUT2D eigenvalue weighted by Crippen LogP contribution is -2.46. The minimum absolute atomic E-state index is 0.0307. The maximum absolute atomic E-state index is 12.5. The Balaban J connectivity index is 1.13. The Bertz CT molecular complexity index is 1180. The van der Waals surface area contributed by atoms with Gasteiger partial charge >= 0.3 is 0 Å². The standard InChI is InChI=1S/C30H36N4O2/c1-23-28(22-33-18-20-34(21-19-33)27-10-6-3-7-11-27)32-30(36-23)26-14-12-25(13-15-26)29(35)31-17-16-24-8-4-2-5-9-24/h3,6-8,10-15H,2,4-5,9,16-22H2,1H3,(H,31,35). The molecule has 1 N–H and O–H groups in total. The van der Waals surface area contributed by atoms with E-state index in [1.165, 1.54) is 36.9 Å². The zero-order valence-electron chi connectivity index (χ0n) is 21.2. The zero-order chi connectivity index (χ0) is 24.7. The maximum Gasteiger partial charge on any atom is 0.251 e. The van der Waals surface area contributed by atoms with Crippen molar-refractivity contribution in [1.82, 2.24) is 15.2 Å². The van der Waals surface area contributed by atoms with Crippen molar-refractivity contribution >= 4 is 11.6 Å². The second kappa shape index (κ2) is 11.6. The van der Waals surface area contributed by atoms with E-state index in [0.29, 0.717) is 18.0 Å². The Morgan fingerprint density at radius 3 is 2.50 bits per heavy atom. The van der Waals surface area contributed by atoms with Crippen LogP contribution in [-0.2, 0) is 6.54 Å². The largest absolute Gasteiger partial charge is 0.441 e. The SMILES string of the molecule is Cc1oc(-c2ccc(C(=O)NCCC3=CCCCC3)cc2)nc1CN1CCN(c2ccccc2)CC1. The fourth-order valence-corrected chi connectivity index (χ4v) is 5.05. The third-order valence-corrected chi connectivity index (χ3v) is 7.27. The Hall–Kier alpha value is -3.38. The minimum Gasteiger partial charge on any atom is -0.441 e. The molecule has 5 rings (SSSR count). The van der Waals surface area contributed by atoms with Gasteiger partial charge in [0.1, 0.15) is 5.76 Å². The molecule has 6 nitrogen and oxygen atoms in total. The smallest absolute Gasteiger partial charge is 0.251 e. The first-order chi connectivity index (χ1) is 17.7. The van der Waals surface area contributed by atoms with Crippen molar-refractivity contribution in [2.75, 3.05) is 37.6 Å². The van der Waals surface area contributed by atoms with Crippen LogP contribution in [0.1, 0.15) is 53.9 Å². The van der Waals surface area contributed by atoms with Gasteiger partial charge in [-0.25, -0.2) is 4.98 Å². The normalized spacial score (nSPS) is 16.6. The summed E-state index contributed by atoms with van der Waals surface area (Å²) in [5.74, 6) is 1.44. The lowest BCUT2D eigenvalue weighted by atomic mass is 9.97. The van der Waals surface area contributed by atoms with Gasteiger partial charge in [0.2, 0.25) is 5.89 Å². The van der Waals surface area contributed by atoms with Crippen molar-refractivity contribution in [3.8, 4) is 11.5 Å². The number of nitrogens with zero attached hydrogens (tertiary/aromatic N) is 3. The number of anilines is 1. The number of carbonyl (C=O) groups excluding carboxylic acids is 1. The van der Waals surface area contributed by atoms with Crippen molar-refractivity contribution in [3.63, 3.8) is 0 Å². The van der Waals surface area contributed by atoms with E-state index in [1.807, 2.05) is 31.2 Å². The molecule has 188 valence electrons. The summed E-state index contributed by atoms with van der Waals surface area (Å²) in [5, 5.41) is 3.05. The number of hydrogen-bond donors (Lipinski definition) is 1. The van der Waals surface area contributed by atoms with Gasteiger partial charge in [-0.2, -0.15) is 0 Å². The number of piperazine rings is 1. The first-order valence-electron chi connectivity index (χ1n) is 13.2. The predicted octanol–water partition coefficient (Wildman–Crippen LogP) is 5.59. The molecule has 0 unspecified atom stereocenters. The summed E-state index contributed by atoms with van der Waals surface area (Å²) in [6, 6.07) is 18.2. The molecule has 3 aromatic rings. The van der Waals surface area contributed by atoms with E-state index in [1.54, 1.807) is 0 Å². The number of allylic oxidation sites excluding steroid dienone is 1. The van der Waals surface area contributed by atoms with Gasteiger partial charge in [-0.05, 0) is 75.4 Å². The topological polar surface area (TPSA) is 61.6 Å². The number of aromatic nitrogens is 1. The second-order valence-electron chi connectivity index (χ2n) is 9.81. The van der Waals surface area contributed by atoms with Crippen LogP contribution in [0.2, 0.25) is 0 Å². The van der Waals surface area contributed by atoms with Crippen molar-refractivity contribution in [2.45, 2.75) is 45.6 Å². The van der Waals surface area contributed by atoms with E-state index >= 15 is 0 Å². The van der Waals surface area contributed by atoms with Gasteiger partial charge in [-0.15, -0.1) is 0 Å². The van der Waals surface area contributed by atoms with E-state index in [4.69, 9.17) is 9.40 Å². The van der Waals surface area contributed by atoms with Gasteiger partial charge in [-0.3, -0.25) is 9.69 Å². The summed E-state index contributed by atoms with van der Waals surface area (Å²) in [6.07, 6.45) is 8.20. The molecule has 0 atom stereocenters. The Morgan fingerprint density at radius 2 is 1.78 bits per heavy atom. The molecule has 1 aromatic heterocycles. The number of oxazole rings is 1. The van der Waals surface area contributed by atoms with Crippen LogP contribution < -0.4 is 10.2 Å². The van der Waals surface area contributed by atoms with Crippen LogP contribution >= 0.6 is 0 Å². The van der Waals surface area contributed by atoms with Crippen LogP contribution in [0, 0.1) is 6.92 Å². The van der Waals surface area contributed by atoms with E-state index in [-0.39, 0.29) is 5.91 Å². The molecule has 36 heavy (non-hydrogen) atoms. The quantitative estimate of drug-likeness (QED) is 0.422. The Morgan fingerprint density at radius 1 is 1.00 bits per heavy atom. The molecular formula is C30H36N4O2. The molecule has 2 heterocycles. The van der Waals surface area contributed by atoms with E-state index in [0.717, 1.165) is 56.2 Å². The van der Waals surface area contributed by atoms with Gasteiger partial charge in [0.05, 0.1) is 5.69 Å². The first-order valence-corrected chi connectivity index (χ1v) is 13.2. The number of nitrogens with one attached hydrogen (secondary N) is 1. The minimum atomic E-state index is -0.0307. The monoisotopic (exact) mass is 484 g/mol. The molecule has 2 aromatic carbocycles. The van der Waals surface area contributed by atoms with Crippen LogP contribution in [0.4, 0.5) is 5.69 Å². The third-order valence-electron chi connectivity index (χ3n) is 7.27. The number of carbonyl (C=O) groups is 1. The van der Waals surface area contributed by atoms with Gasteiger partial charge in [0.15, 0.2) is 0 Å². The van der Waals surface area contributed by atoms with Crippen molar-refractivity contribution in [1.29, 1.82) is 0 Å². The summed E-state index contributed by atoms with van der Waals surface area (Å²) < 4.78 is 6.01. The highest BCUT2D eigenvalue weighted by Gasteiger charge is 2.20. The van der Waals surface area contributed by atoms with Gasteiger partial charge in [0, 0.05) is 56.1 Å². The molecule has 0 radical (unpaired) electrons. The summed E-state index contributed by atoms with van der Waals surface area (Å²) in [4.78, 5) is 22.2. The van der Waals surface area contributed by atoms with Crippen LogP contribution in [0.5, 0.6) is 0 Å². The average Bonchev–Trinajstić information content (AvgIpc) is 3.30. The van der Waals surface area contributed by atoms with Gasteiger partial charge < -0.3 is 14.6 Å².